The van der Waals surface area contributed by atoms with E-state index in [4.69, 9.17) is 11.6 Å². The van der Waals surface area contributed by atoms with Crippen LogP contribution in [-0.4, -0.2) is 0 Å². The number of anilines is 1. The SMILES string of the molecule is Clc1ccc2c(c1)-c1ccccc1CN2. The van der Waals surface area contributed by atoms with Crippen LogP contribution in [0.2, 0.25) is 5.02 Å². The van der Waals surface area contributed by atoms with Gasteiger partial charge < -0.3 is 5.32 Å². The van der Waals surface area contributed by atoms with Gasteiger partial charge in [-0.15, -0.1) is 0 Å². The van der Waals surface area contributed by atoms with Gasteiger partial charge in [-0.25, -0.2) is 0 Å². The van der Waals surface area contributed by atoms with Gasteiger partial charge in [-0.1, -0.05) is 35.9 Å². The van der Waals surface area contributed by atoms with E-state index in [9.17, 15) is 0 Å². The van der Waals surface area contributed by atoms with Crippen LogP contribution in [-0.2, 0) is 6.54 Å². The predicted octanol–water partition coefficient (Wildman–Crippen LogP) is 3.93. The molecule has 1 heterocycles. The smallest absolute Gasteiger partial charge is 0.0423 e. The Kier molecular flexibility index (Phi) is 1.93. The molecular weight excluding hydrogens is 206 g/mol. The highest BCUT2D eigenvalue weighted by molar-refractivity contribution is 6.31. The second-order valence-corrected chi connectivity index (χ2v) is 4.14. The highest BCUT2D eigenvalue weighted by atomic mass is 35.5. The molecule has 1 N–H and O–H groups in total. The van der Waals surface area contributed by atoms with Crippen LogP contribution in [0.5, 0.6) is 0 Å². The number of rotatable bonds is 0. The van der Waals surface area contributed by atoms with Crippen molar-refractivity contribution in [2.45, 2.75) is 6.54 Å². The Labute approximate surface area is 93.7 Å². The number of fused-ring (bicyclic) bond motifs is 3. The molecule has 2 aromatic carbocycles. The van der Waals surface area contributed by atoms with Crippen molar-refractivity contribution in [2.24, 2.45) is 0 Å². The topological polar surface area (TPSA) is 12.0 Å². The molecule has 74 valence electrons. The standard InChI is InChI=1S/C13H10ClN/c14-10-5-6-13-12(7-10)11-4-2-1-3-9(11)8-15-13/h1-7,15H,8H2. The predicted molar refractivity (Wildman–Crippen MR) is 64.2 cm³/mol. The Bertz CT molecular complexity index is 520. The Morgan fingerprint density at radius 2 is 1.87 bits per heavy atom. The van der Waals surface area contributed by atoms with Gasteiger partial charge in [0.2, 0.25) is 0 Å². The molecule has 1 nitrogen and oxygen atoms in total. The van der Waals surface area contributed by atoms with Gasteiger partial charge in [0, 0.05) is 22.8 Å². The first-order valence-electron chi connectivity index (χ1n) is 4.96. The van der Waals surface area contributed by atoms with Crippen molar-refractivity contribution in [1.29, 1.82) is 0 Å². The molecule has 2 heteroatoms. The number of nitrogens with one attached hydrogen (secondary N) is 1. The highest BCUT2D eigenvalue weighted by Crippen LogP contribution is 2.36. The van der Waals surface area contributed by atoms with Gasteiger partial charge in [0.25, 0.3) is 0 Å². The molecule has 0 saturated heterocycles. The summed E-state index contributed by atoms with van der Waals surface area (Å²) in [4.78, 5) is 0. The van der Waals surface area contributed by atoms with Gasteiger partial charge in [0.15, 0.2) is 0 Å². The number of hydrogen-bond acceptors (Lipinski definition) is 1. The second kappa shape index (κ2) is 3.28. The maximum Gasteiger partial charge on any atom is 0.0423 e. The first kappa shape index (κ1) is 8.81. The molecule has 0 radical (unpaired) electrons. The molecule has 1 aliphatic rings. The fourth-order valence-electron chi connectivity index (χ4n) is 2.02. The molecule has 0 spiro atoms. The maximum absolute atomic E-state index is 6.02. The van der Waals surface area contributed by atoms with Crippen LogP contribution < -0.4 is 5.32 Å². The van der Waals surface area contributed by atoms with Gasteiger partial charge in [0.05, 0.1) is 0 Å². The van der Waals surface area contributed by atoms with Crippen LogP contribution in [0.25, 0.3) is 11.1 Å². The van der Waals surface area contributed by atoms with Gasteiger partial charge in [-0.3, -0.25) is 0 Å². The second-order valence-electron chi connectivity index (χ2n) is 3.70. The van der Waals surface area contributed by atoms with Crippen LogP contribution in [0.15, 0.2) is 42.5 Å². The average Bonchev–Trinajstić information content (AvgIpc) is 2.29. The molecule has 0 saturated carbocycles. The van der Waals surface area contributed by atoms with Crippen molar-refractivity contribution in [3.8, 4) is 11.1 Å². The molecule has 0 aromatic heterocycles. The summed E-state index contributed by atoms with van der Waals surface area (Å²) in [7, 11) is 0. The summed E-state index contributed by atoms with van der Waals surface area (Å²) in [6.45, 7) is 0.894. The van der Waals surface area contributed by atoms with Crippen molar-refractivity contribution >= 4 is 17.3 Å². The molecule has 0 bridgehead atoms. The summed E-state index contributed by atoms with van der Waals surface area (Å²) in [5.41, 5.74) is 4.98. The Hall–Kier alpha value is -1.47. The van der Waals surface area contributed by atoms with Crippen LogP contribution in [0, 0.1) is 0 Å². The number of hydrogen-bond donors (Lipinski definition) is 1. The molecule has 0 aliphatic carbocycles. The van der Waals surface area contributed by atoms with Crippen LogP contribution in [0.1, 0.15) is 5.56 Å². The quantitative estimate of drug-likeness (QED) is 0.702. The summed E-state index contributed by atoms with van der Waals surface area (Å²) >= 11 is 6.02. The van der Waals surface area contributed by atoms with Crippen LogP contribution >= 0.6 is 11.6 Å². The van der Waals surface area contributed by atoms with Gasteiger partial charge in [-0.2, -0.15) is 0 Å². The zero-order valence-electron chi connectivity index (χ0n) is 8.13. The molecule has 0 unspecified atom stereocenters. The van der Waals surface area contributed by atoms with E-state index in [1.807, 2.05) is 18.2 Å². The summed E-state index contributed by atoms with van der Waals surface area (Å²) < 4.78 is 0. The third-order valence-corrected chi connectivity index (χ3v) is 2.99. The third kappa shape index (κ3) is 1.40. The molecular formula is C13H10ClN. The van der Waals surface area contributed by atoms with Crippen molar-refractivity contribution in [1.82, 2.24) is 0 Å². The van der Waals surface area contributed by atoms with Gasteiger partial charge >= 0.3 is 0 Å². The van der Waals surface area contributed by atoms with E-state index in [2.05, 4.69) is 29.6 Å². The van der Waals surface area contributed by atoms with E-state index in [1.165, 1.54) is 16.7 Å². The fraction of sp³-hybridized carbons (Fsp3) is 0.0769. The maximum atomic E-state index is 6.02. The molecule has 1 aliphatic heterocycles. The van der Waals surface area contributed by atoms with Crippen LogP contribution in [0.3, 0.4) is 0 Å². The first-order chi connectivity index (χ1) is 7.34. The zero-order valence-corrected chi connectivity index (χ0v) is 8.88. The zero-order chi connectivity index (χ0) is 10.3. The lowest BCUT2D eigenvalue weighted by Gasteiger charge is -2.21. The normalized spacial score (nSPS) is 12.6. The number of halogens is 1. The van der Waals surface area contributed by atoms with E-state index in [0.717, 1.165) is 17.3 Å². The van der Waals surface area contributed by atoms with E-state index in [-0.39, 0.29) is 0 Å². The Morgan fingerprint density at radius 3 is 2.80 bits per heavy atom. The van der Waals surface area contributed by atoms with Gasteiger partial charge in [-0.05, 0) is 29.3 Å². The summed E-state index contributed by atoms with van der Waals surface area (Å²) in [6, 6.07) is 14.4. The van der Waals surface area contributed by atoms with Crippen molar-refractivity contribution in [2.75, 3.05) is 5.32 Å². The Morgan fingerprint density at radius 1 is 1.00 bits per heavy atom. The monoisotopic (exact) mass is 215 g/mol. The van der Waals surface area contributed by atoms with E-state index >= 15 is 0 Å². The molecule has 0 amide bonds. The average molecular weight is 216 g/mol. The highest BCUT2D eigenvalue weighted by Gasteiger charge is 2.14. The third-order valence-electron chi connectivity index (χ3n) is 2.76. The minimum Gasteiger partial charge on any atom is -0.380 e. The lowest BCUT2D eigenvalue weighted by atomic mass is 9.95. The largest absolute Gasteiger partial charge is 0.380 e. The summed E-state index contributed by atoms with van der Waals surface area (Å²) in [5.74, 6) is 0. The Balaban J connectivity index is 2.28. The molecule has 2 aromatic rings. The molecule has 0 fully saturated rings. The van der Waals surface area contributed by atoms with E-state index < -0.39 is 0 Å². The minimum absolute atomic E-state index is 0.784. The molecule has 0 atom stereocenters. The lowest BCUT2D eigenvalue weighted by molar-refractivity contribution is 1.13. The van der Waals surface area contributed by atoms with Gasteiger partial charge in [0.1, 0.15) is 0 Å². The number of benzene rings is 2. The van der Waals surface area contributed by atoms with Crippen molar-refractivity contribution < 1.29 is 0 Å². The minimum atomic E-state index is 0.784. The molecule has 3 rings (SSSR count). The fourth-order valence-corrected chi connectivity index (χ4v) is 2.19. The van der Waals surface area contributed by atoms with Crippen molar-refractivity contribution in [3.63, 3.8) is 0 Å². The van der Waals surface area contributed by atoms with Crippen LogP contribution in [0.4, 0.5) is 5.69 Å². The van der Waals surface area contributed by atoms with E-state index in [0.29, 0.717) is 0 Å². The summed E-state index contributed by atoms with van der Waals surface area (Å²) in [5, 5.41) is 4.17. The first-order valence-corrected chi connectivity index (χ1v) is 5.34. The summed E-state index contributed by atoms with van der Waals surface area (Å²) in [6.07, 6.45) is 0. The lowest BCUT2D eigenvalue weighted by Crippen LogP contribution is -2.07. The van der Waals surface area contributed by atoms with E-state index in [1.54, 1.807) is 0 Å². The molecule has 15 heavy (non-hydrogen) atoms. The van der Waals surface area contributed by atoms with Crippen molar-refractivity contribution in [3.05, 3.63) is 53.1 Å².